The summed E-state index contributed by atoms with van der Waals surface area (Å²) in [6.45, 7) is 0. The first-order valence-corrected chi connectivity index (χ1v) is 9.31. The number of nitrogens with one attached hydrogen (secondary N) is 1. The second-order valence-electron chi connectivity index (χ2n) is 6.69. The first kappa shape index (κ1) is 17.0. The molecule has 0 unspecified atom stereocenters. The van der Waals surface area contributed by atoms with Crippen molar-refractivity contribution in [2.75, 3.05) is 5.73 Å². The highest BCUT2D eigenvalue weighted by Gasteiger charge is 2.15. The number of anilines is 1. The number of ether oxygens (including phenoxy) is 1. The van der Waals surface area contributed by atoms with Crippen LogP contribution in [0.4, 0.5) is 5.82 Å². The molecule has 5 aromatic rings. The van der Waals surface area contributed by atoms with Crippen molar-refractivity contribution in [3.8, 4) is 34.0 Å². The highest BCUT2D eigenvalue weighted by Crippen LogP contribution is 2.34. The van der Waals surface area contributed by atoms with Gasteiger partial charge in [-0.25, -0.2) is 4.98 Å². The van der Waals surface area contributed by atoms with E-state index in [0.29, 0.717) is 5.82 Å². The smallest absolute Gasteiger partial charge is 0.155 e. The van der Waals surface area contributed by atoms with Crippen LogP contribution in [0.5, 0.6) is 11.5 Å². The normalized spacial score (nSPS) is 10.9. The second-order valence-corrected chi connectivity index (χ2v) is 6.69. The van der Waals surface area contributed by atoms with Crippen LogP contribution in [0, 0.1) is 0 Å². The number of nitrogens with two attached hydrogens (primary N) is 1. The summed E-state index contributed by atoms with van der Waals surface area (Å²) in [4.78, 5) is 4.91. The Hall–Kier alpha value is -4.12. The Morgan fingerprint density at radius 1 is 0.724 bits per heavy atom. The molecule has 3 N–H and O–H groups in total. The van der Waals surface area contributed by atoms with Gasteiger partial charge in [-0.1, -0.05) is 48.5 Å². The maximum Gasteiger partial charge on any atom is 0.155 e. The zero-order valence-electron chi connectivity index (χ0n) is 15.5. The fourth-order valence-corrected chi connectivity index (χ4v) is 3.34. The molecule has 140 valence electrons. The first-order chi connectivity index (χ1) is 14.3. The summed E-state index contributed by atoms with van der Waals surface area (Å²) in [5.74, 6) is 1.99. The summed E-state index contributed by atoms with van der Waals surface area (Å²) >= 11 is 0. The lowest BCUT2D eigenvalue weighted by atomic mass is 10.0. The topological polar surface area (TPSA) is 76.8 Å². The third-order valence-electron chi connectivity index (χ3n) is 4.75. The molecule has 0 bridgehead atoms. The van der Waals surface area contributed by atoms with Gasteiger partial charge in [-0.15, -0.1) is 0 Å². The predicted octanol–water partition coefficient (Wildman–Crippen LogP) is 5.67. The Morgan fingerprint density at radius 2 is 1.38 bits per heavy atom. The van der Waals surface area contributed by atoms with Crippen LogP contribution in [-0.4, -0.2) is 15.2 Å². The van der Waals surface area contributed by atoms with E-state index in [2.05, 4.69) is 10.2 Å². The third-order valence-corrected chi connectivity index (χ3v) is 4.75. The molecular weight excluding hydrogens is 360 g/mol. The van der Waals surface area contributed by atoms with E-state index >= 15 is 0 Å². The second kappa shape index (κ2) is 7.13. The number of hydrogen-bond donors (Lipinski definition) is 2. The molecule has 5 heteroatoms. The summed E-state index contributed by atoms with van der Waals surface area (Å²) in [5.41, 5.74) is 10.6. The third kappa shape index (κ3) is 3.30. The number of pyridine rings is 1. The average molecular weight is 378 g/mol. The van der Waals surface area contributed by atoms with Gasteiger partial charge in [0, 0.05) is 11.1 Å². The molecule has 0 saturated heterocycles. The van der Waals surface area contributed by atoms with Gasteiger partial charge >= 0.3 is 0 Å². The van der Waals surface area contributed by atoms with Crippen molar-refractivity contribution in [3.05, 3.63) is 91.0 Å². The van der Waals surface area contributed by atoms with Crippen LogP contribution >= 0.6 is 0 Å². The number of rotatable bonds is 4. The van der Waals surface area contributed by atoms with Crippen LogP contribution < -0.4 is 10.5 Å². The van der Waals surface area contributed by atoms with Crippen LogP contribution in [-0.2, 0) is 0 Å². The molecule has 0 aliphatic rings. The van der Waals surface area contributed by atoms with Crippen LogP contribution in [0.15, 0.2) is 91.0 Å². The molecule has 0 atom stereocenters. The Kier molecular flexibility index (Phi) is 4.18. The minimum absolute atomic E-state index is 0.437. The fourth-order valence-electron chi connectivity index (χ4n) is 3.34. The van der Waals surface area contributed by atoms with E-state index in [9.17, 15) is 0 Å². The highest BCUT2D eigenvalue weighted by molar-refractivity contribution is 6.01. The Balaban J connectivity index is 1.58. The van der Waals surface area contributed by atoms with Crippen LogP contribution in [0.3, 0.4) is 0 Å². The number of aromatic amines is 1. The quantitative estimate of drug-likeness (QED) is 0.423. The van der Waals surface area contributed by atoms with Crippen molar-refractivity contribution in [1.29, 1.82) is 0 Å². The van der Waals surface area contributed by atoms with E-state index < -0.39 is 0 Å². The largest absolute Gasteiger partial charge is 0.457 e. The molecule has 5 rings (SSSR count). The van der Waals surface area contributed by atoms with Crippen molar-refractivity contribution >= 4 is 16.7 Å². The van der Waals surface area contributed by atoms with E-state index in [0.717, 1.165) is 44.9 Å². The Labute approximate surface area is 167 Å². The minimum atomic E-state index is 0.437. The molecule has 0 spiro atoms. The maximum atomic E-state index is 6.13. The van der Waals surface area contributed by atoms with Gasteiger partial charge in [0.15, 0.2) is 5.82 Å². The van der Waals surface area contributed by atoms with Crippen LogP contribution in [0.2, 0.25) is 0 Å². The van der Waals surface area contributed by atoms with Crippen molar-refractivity contribution in [1.82, 2.24) is 15.2 Å². The molecule has 0 saturated carbocycles. The molecule has 0 aliphatic carbocycles. The molecule has 2 aromatic heterocycles. The predicted molar refractivity (Wildman–Crippen MR) is 116 cm³/mol. The van der Waals surface area contributed by atoms with Gasteiger partial charge in [-0.2, -0.15) is 5.10 Å². The summed E-state index contributed by atoms with van der Waals surface area (Å²) < 4.78 is 5.89. The maximum absolute atomic E-state index is 6.13. The zero-order chi connectivity index (χ0) is 19.6. The van der Waals surface area contributed by atoms with E-state index in [1.54, 1.807) is 0 Å². The Bertz CT molecular complexity index is 1260. The summed E-state index contributed by atoms with van der Waals surface area (Å²) in [7, 11) is 0. The van der Waals surface area contributed by atoms with Crippen LogP contribution in [0.25, 0.3) is 33.4 Å². The monoisotopic (exact) mass is 378 g/mol. The molecule has 29 heavy (non-hydrogen) atoms. The van der Waals surface area contributed by atoms with Gasteiger partial charge in [0.25, 0.3) is 0 Å². The van der Waals surface area contributed by atoms with Crippen molar-refractivity contribution in [3.63, 3.8) is 0 Å². The molecule has 5 nitrogen and oxygen atoms in total. The van der Waals surface area contributed by atoms with Gasteiger partial charge < -0.3 is 10.5 Å². The van der Waals surface area contributed by atoms with Gasteiger partial charge in [0.1, 0.15) is 11.5 Å². The number of nitrogens with zero attached hydrogens (tertiary/aromatic N) is 2. The van der Waals surface area contributed by atoms with E-state index in [4.69, 9.17) is 15.5 Å². The number of para-hydroxylation sites is 1. The summed E-state index contributed by atoms with van der Waals surface area (Å²) in [6, 6.07) is 29.6. The van der Waals surface area contributed by atoms with Gasteiger partial charge in [-0.05, 0) is 42.5 Å². The number of fused-ring (bicyclic) bond motifs is 1. The summed E-state index contributed by atoms with van der Waals surface area (Å²) in [5, 5.41) is 8.01. The lowest BCUT2D eigenvalue weighted by Crippen LogP contribution is -1.93. The van der Waals surface area contributed by atoms with Gasteiger partial charge in [0.2, 0.25) is 0 Å². The number of aromatic nitrogens is 3. The Morgan fingerprint density at radius 3 is 2.10 bits per heavy atom. The zero-order valence-corrected chi connectivity index (χ0v) is 15.5. The standard InChI is InChI=1S/C24H18N4O/c25-24-22-21(27-28-24)15-20(16-7-3-1-4-8-16)26-23(22)17-11-13-19(14-12-17)29-18-9-5-2-6-10-18/h1-15H,(H3,25,27,28). The molecular formula is C24H18N4O. The van der Waals surface area contributed by atoms with Crippen molar-refractivity contribution in [2.45, 2.75) is 0 Å². The number of hydrogen-bond acceptors (Lipinski definition) is 4. The molecule has 0 aliphatic heterocycles. The number of benzene rings is 3. The lowest BCUT2D eigenvalue weighted by Gasteiger charge is -2.09. The number of nitrogen functional groups attached to an aromatic ring is 1. The van der Waals surface area contributed by atoms with Crippen molar-refractivity contribution in [2.24, 2.45) is 0 Å². The molecule has 0 amide bonds. The average Bonchev–Trinajstić information content (AvgIpc) is 3.16. The minimum Gasteiger partial charge on any atom is -0.457 e. The van der Waals surface area contributed by atoms with Gasteiger partial charge in [-0.3, -0.25) is 5.10 Å². The first-order valence-electron chi connectivity index (χ1n) is 9.31. The van der Waals surface area contributed by atoms with Crippen molar-refractivity contribution < 1.29 is 4.74 Å². The SMILES string of the molecule is Nc1n[nH]c2cc(-c3ccccc3)nc(-c3ccc(Oc4ccccc4)cc3)c12. The van der Waals surface area contributed by atoms with E-state index in [-0.39, 0.29) is 0 Å². The molecule has 3 aromatic carbocycles. The summed E-state index contributed by atoms with van der Waals surface area (Å²) in [6.07, 6.45) is 0. The molecule has 2 heterocycles. The lowest BCUT2D eigenvalue weighted by molar-refractivity contribution is 0.483. The fraction of sp³-hybridized carbons (Fsp3) is 0. The van der Waals surface area contributed by atoms with E-state index in [1.165, 1.54) is 0 Å². The van der Waals surface area contributed by atoms with Gasteiger partial charge in [0.05, 0.1) is 22.3 Å². The van der Waals surface area contributed by atoms with Crippen LogP contribution in [0.1, 0.15) is 0 Å². The number of H-pyrrole nitrogens is 1. The molecule has 0 radical (unpaired) electrons. The van der Waals surface area contributed by atoms with E-state index in [1.807, 2.05) is 91.0 Å². The molecule has 0 fully saturated rings. The highest BCUT2D eigenvalue weighted by atomic mass is 16.5.